The van der Waals surface area contributed by atoms with Gasteiger partial charge in [-0.05, 0) is 36.6 Å². The molecule has 1 amide bonds. The average molecular weight is 371 g/mol. The Kier molecular flexibility index (Phi) is 4.01. The number of carbonyl (C=O) groups is 1. The molecule has 0 saturated heterocycles. The number of aromatic amines is 1. The molecule has 5 rings (SSSR count). The van der Waals surface area contributed by atoms with Gasteiger partial charge in [-0.1, -0.05) is 36.4 Å². The molecule has 2 aromatic rings. The summed E-state index contributed by atoms with van der Waals surface area (Å²) in [7, 11) is 0. The van der Waals surface area contributed by atoms with Crippen LogP contribution in [-0.4, -0.2) is 17.0 Å². The number of nitrogens with one attached hydrogen (secondary N) is 3. The fourth-order valence-corrected chi connectivity index (χ4v) is 4.01. The first kappa shape index (κ1) is 16.8. The number of fused-ring (bicyclic) bond motifs is 1. The summed E-state index contributed by atoms with van der Waals surface area (Å²) in [5, 5.41) is 6.75. The second-order valence-electron chi connectivity index (χ2n) is 7.55. The van der Waals surface area contributed by atoms with E-state index in [2.05, 4.69) is 38.7 Å². The van der Waals surface area contributed by atoms with Crippen molar-refractivity contribution in [3.63, 3.8) is 0 Å². The largest absolute Gasteiger partial charge is 0.358 e. The van der Waals surface area contributed by atoms with Gasteiger partial charge < -0.3 is 15.5 Å². The minimum absolute atomic E-state index is 0.0135. The van der Waals surface area contributed by atoms with Gasteiger partial charge >= 0.3 is 0 Å². The molecule has 0 bridgehead atoms. The van der Waals surface area contributed by atoms with Crippen LogP contribution in [0.25, 0.3) is 0 Å². The molecule has 5 heteroatoms. The highest BCUT2D eigenvalue weighted by Crippen LogP contribution is 2.45. The highest BCUT2D eigenvalue weighted by atomic mass is 16.2. The third-order valence-electron chi connectivity index (χ3n) is 5.65. The van der Waals surface area contributed by atoms with Gasteiger partial charge in [-0.25, -0.2) is 4.98 Å². The first-order valence-electron chi connectivity index (χ1n) is 9.72. The number of aromatic nitrogens is 1. The van der Waals surface area contributed by atoms with Crippen LogP contribution in [0.2, 0.25) is 0 Å². The van der Waals surface area contributed by atoms with E-state index in [1.807, 2.05) is 61.1 Å². The van der Waals surface area contributed by atoms with Crippen LogP contribution in [0.15, 0.2) is 90.7 Å². The number of allylic oxidation sites excluding steroid dienone is 3. The summed E-state index contributed by atoms with van der Waals surface area (Å²) in [5.41, 5.74) is 3.71. The zero-order valence-corrected chi connectivity index (χ0v) is 15.6. The first-order valence-corrected chi connectivity index (χ1v) is 9.72. The smallest absolute Gasteiger partial charge is 0.270 e. The first-order chi connectivity index (χ1) is 13.8. The predicted molar refractivity (Wildman–Crippen MR) is 106 cm³/mol. The maximum absolute atomic E-state index is 13.2. The number of hydrogen-bond acceptors (Lipinski definition) is 3. The molecule has 0 spiro atoms. The summed E-state index contributed by atoms with van der Waals surface area (Å²) < 4.78 is 0. The Hall–Kier alpha value is -3.34. The van der Waals surface area contributed by atoms with E-state index in [0.29, 0.717) is 5.70 Å². The van der Waals surface area contributed by atoms with Gasteiger partial charge in [0.05, 0.1) is 11.2 Å². The van der Waals surface area contributed by atoms with E-state index >= 15 is 0 Å². The molecule has 3 N–H and O–H groups in total. The molecule has 0 radical (unpaired) electrons. The fraction of sp³-hybridized carbons (Fsp3) is 0.217. The lowest BCUT2D eigenvalue weighted by atomic mass is 10.0. The Morgan fingerprint density at radius 2 is 2.04 bits per heavy atom. The van der Waals surface area contributed by atoms with Gasteiger partial charge in [-0.2, -0.15) is 0 Å². The van der Waals surface area contributed by atoms with Crippen molar-refractivity contribution in [1.82, 2.24) is 15.5 Å². The summed E-state index contributed by atoms with van der Waals surface area (Å²) in [4.78, 5) is 18.5. The number of rotatable bonds is 5. The van der Waals surface area contributed by atoms with Crippen LogP contribution in [0.4, 0.5) is 0 Å². The van der Waals surface area contributed by atoms with Crippen molar-refractivity contribution in [2.45, 2.75) is 31.0 Å². The quantitative estimate of drug-likeness (QED) is 0.848. The standard InChI is InChI=1S/C23H22N4O/c28-22(26-23(11-12-23)18-8-2-1-3-9-18)21-19-10-4-5-14-27(19)20(25-21)15-17-7-6-13-24-16-17/h1-10,13-14,16,20,25H,11-12,15H2,(H,26,28)/p+1. The minimum atomic E-state index is -0.223. The molecule has 1 atom stereocenters. The van der Waals surface area contributed by atoms with Crippen molar-refractivity contribution in [1.29, 1.82) is 0 Å². The van der Waals surface area contributed by atoms with E-state index in [-0.39, 0.29) is 17.6 Å². The molecular formula is C23H23N4O+. The van der Waals surface area contributed by atoms with E-state index in [0.717, 1.165) is 25.0 Å². The van der Waals surface area contributed by atoms with E-state index in [4.69, 9.17) is 0 Å². The molecule has 1 saturated carbocycles. The zero-order chi connectivity index (χ0) is 19.0. The molecule has 1 aromatic carbocycles. The summed E-state index contributed by atoms with van der Waals surface area (Å²) in [6.07, 6.45) is 14.7. The van der Waals surface area contributed by atoms with Gasteiger partial charge in [0.1, 0.15) is 11.9 Å². The Balaban J connectivity index is 1.37. The van der Waals surface area contributed by atoms with Gasteiger partial charge in [0.15, 0.2) is 12.4 Å². The van der Waals surface area contributed by atoms with Gasteiger partial charge in [0, 0.05) is 24.3 Å². The van der Waals surface area contributed by atoms with Crippen LogP contribution in [0.5, 0.6) is 0 Å². The third-order valence-corrected chi connectivity index (χ3v) is 5.65. The van der Waals surface area contributed by atoms with E-state index < -0.39 is 0 Å². The van der Waals surface area contributed by atoms with Crippen LogP contribution in [0.1, 0.15) is 24.0 Å². The summed E-state index contributed by atoms with van der Waals surface area (Å²) in [6.45, 7) is 0. The highest BCUT2D eigenvalue weighted by Gasteiger charge is 2.47. The highest BCUT2D eigenvalue weighted by molar-refractivity contribution is 5.95. The lowest BCUT2D eigenvalue weighted by Crippen LogP contribution is -2.41. The Labute approximate surface area is 164 Å². The van der Waals surface area contributed by atoms with Crippen LogP contribution >= 0.6 is 0 Å². The molecule has 1 aliphatic carbocycles. The maximum atomic E-state index is 13.2. The van der Waals surface area contributed by atoms with Crippen LogP contribution in [-0.2, 0) is 16.8 Å². The molecule has 1 aromatic heterocycles. The van der Waals surface area contributed by atoms with Crippen LogP contribution in [0.3, 0.4) is 0 Å². The van der Waals surface area contributed by atoms with Gasteiger partial charge in [-0.3, -0.25) is 4.79 Å². The van der Waals surface area contributed by atoms with Gasteiger partial charge in [-0.15, -0.1) is 0 Å². The Morgan fingerprint density at radius 1 is 1.18 bits per heavy atom. The van der Waals surface area contributed by atoms with E-state index in [1.54, 1.807) is 0 Å². The maximum Gasteiger partial charge on any atom is 0.270 e. The number of benzene rings is 1. The molecule has 1 unspecified atom stereocenters. The molecule has 3 heterocycles. The summed E-state index contributed by atoms with van der Waals surface area (Å²) >= 11 is 0. The second-order valence-corrected chi connectivity index (χ2v) is 7.55. The SMILES string of the molecule is O=C(NC1(c2ccccc2)CC1)C1=C2C=CC=CN2C(Cc2ccc[nH+]c2)N1. The number of carbonyl (C=O) groups excluding carboxylic acids is 1. The number of hydrogen-bond donors (Lipinski definition) is 2. The predicted octanol–water partition coefficient (Wildman–Crippen LogP) is 2.38. The minimum Gasteiger partial charge on any atom is -0.358 e. The molecule has 5 nitrogen and oxygen atoms in total. The molecule has 2 aliphatic heterocycles. The number of pyridine rings is 1. The van der Waals surface area contributed by atoms with E-state index in [9.17, 15) is 4.79 Å². The number of nitrogens with zero attached hydrogens (tertiary/aromatic N) is 1. The van der Waals surface area contributed by atoms with Crippen molar-refractivity contribution in [2.24, 2.45) is 0 Å². The third kappa shape index (κ3) is 2.99. The molecule has 1 fully saturated rings. The molecule has 28 heavy (non-hydrogen) atoms. The lowest BCUT2D eigenvalue weighted by molar-refractivity contribution is -0.378. The topological polar surface area (TPSA) is 58.5 Å². The Morgan fingerprint density at radius 3 is 2.79 bits per heavy atom. The van der Waals surface area contributed by atoms with Crippen molar-refractivity contribution in [3.05, 3.63) is 102 Å². The van der Waals surface area contributed by atoms with Gasteiger partial charge in [0.2, 0.25) is 0 Å². The molecule has 140 valence electrons. The second kappa shape index (κ2) is 6.68. The van der Waals surface area contributed by atoms with Crippen molar-refractivity contribution in [3.8, 4) is 0 Å². The number of H-pyrrole nitrogens is 1. The fourth-order valence-electron chi connectivity index (χ4n) is 4.01. The van der Waals surface area contributed by atoms with Crippen LogP contribution < -0.4 is 15.6 Å². The normalized spacial score (nSPS) is 21.3. The van der Waals surface area contributed by atoms with Crippen molar-refractivity contribution in [2.75, 3.05) is 0 Å². The summed E-state index contributed by atoms with van der Waals surface area (Å²) in [5.74, 6) is -0.0385. The average Bonchev–Trinajstić information content (AvgIpc) is 3.44. The van der Waals surface area contributed by atoms with Gasteiger partial charge in [0.25, 0.3) is 5.91 Å². The van der Waals surface area contributed by atoms with Crippen molar-refractivity contribution < 1.29 is 9.78 Å². The summed E-state index contributed by atoms with van der Waals surface area (Å²) in [6, 6.07) is 14.3. The lowest BCUT2D eigenvalue weighted by Gasteiger charge is -2.25. The monoisotopic (exact) mass is 371 g/mol. The van der Waals surface area contributed by atoms with E-state index in [1.165, 1.54) is 11.1 Å². The van der Waals surface area contributed by atoms with Crippen LogP contribution in [0, 0.1) is 0 Å². The zero-order valence-electron chi connectivity index (χ0n) is 15.6. The molecule has 3 aliphatic rings. The number of amides is 1. The Bertz CT molecular complexity index is 974. The molecular weight excluding hydrogens is 348 g/mol. The van der Waals surface area contributed by atoms with Crippen molar-refractivity contribution >= 4 is 5.91 Å².